The number of carboxylic acids is 1. The lowest BCUT2D eigenvalue weighted by Gasteiger charge is -2.32. The van der Waals surface area contributed by atoms with Crippen LogP contribution in [0.25, 0.3) is 0 Å². The van der Waals surface area contributed by atoms with Crippen molar-refractivity contribution >= 4 is 17.3 Å². The third-order valence-electron chi connectivity index (χ3n) is 3.22. The highest BCUT2D eigenvalue weighted by Crippen LogP contribution is 2.20. The highest BCUT2D eigenvalue weighted by Gasteiger charge is 2.29. The van der Waals surface area contributed by atoms with E-state index in [1.54, 1.807) is 0 Å². The van der Waals surface area contributed by atoms with Crippen molar-refractivity contribution in [1.29, 1.82) is 0 Å². The van der Waals surface area contributed by atoms with E-state index >= 15 is 0 Å². The van der Waals surface area contributed by atoms with Gasteiger partial charge in [0.25, 0.3) is 0 Å². The first-order valence-corrected chi connectivity index (χ1v) is 7.19. The summed E-state index contributed by atoms with van der Waals surface area (Å²) in [6.07, 6.45) is 1.40. The van der Waals surface area contributed by atoms with Gasteiger partial charge in [-0.15, -0.1) is 11.3 Å². The van der Waals surface area contributed by atoms with E-state index in [-0.39, 0.29) is 6.42 Å². The number of rotatable bonds is 6. The number of carbonyl (C=O) groups is 1. The minimum atomic E-state index is -0.808. The fraction of sp³-hybridized carbons (Fsp3) is 0.615. The van der Waals surface area contributed by atoms with Gasteiger partial charge in [0, 0.05) is 48.9 Å². The molecule has 1 saturated heterocycles. The van der Waals surface area contributed by atoms with Gasteiger partial charge < -0.3 is 20.3 Å². The highest BCUT2D eigenvalue weighted by molar-refractivity contribution is 7.12. The number of ether oxygens (including phenoxy) is 1. The van der Waals surface area contributed by atoms with E-state index in [4.69, 9.17) is 9.84 Å². The fourth-order valence-electron chi connectivity index (χ4n) is 2.11. The quantitative estimate of drug-likeness (QED) is 0.727. The van der Waals surface area contributed by atoms with Crippen LogP contribution in [0.3, 0.4) is 0 Å². The van der Waals surface area contributed by atoms with Crippen molar-refractivity contribution in [2.24, 2.45) is 0 Å². The number of aliphatic carboxylic acids is 1. The van der Waals surface area contributed by atoms with Gasteiger partial charge in [-0.2, -0.15) is 0 Å². The summed E-state index contributed by atoms with van der Waals surface area (Å²) in [5.41, 5.74) is -0.667. The Hall–Kier alpha value is -0.950. The van der Waals surface area contributed by atoms with E-state index in [0.717, 1.165) is 9.75 Å². The normalized spacial score (nSPS) is 18.4. The largest absolute Gasteiger partial charge is 0.481 e. The van der Waals surface area contributed by atoms with Gasteiger partial charge in [0.15, 0.2) is 0 Å². The summed E-state index contributed by atoms with van der Waals surface area (Å²) in [6, 6.07) is 3.78. The first-order chi connectivity index (χ1) is 9.07. The van der Waals surface area contributed by atoms with Gasteiger partial charge in [-0.1, -0.05) is 0 Å². The number of hydrogen-bond donors (Lipinski definition) is 3. The maximum Gasteiger partial charge on any atom is 0.308 e. The van der Waals surface area contributed by atoms with Crippen LogP contribution in [0.4, 0.5) is 0 Å². The maximum absolute atomic E-state index is 10.6. The molecule has 1 aromatic heterocycles. The predicted molar refractivity (Wildman–Crippen MR) is 72.4 cm³/mol. The van der Waals surface area contributed by atoms with Gasteiger partial charge in [0.1, 0.15) is 0 Å². The number of thiophene rings is 1. The zero-order valence-corrected chi connectivity index (χ0v) is 11.5. The predicted octanol–water partition coefficient (Wildman–Crippen LogP) is 1.01. The average Bonchev–Trinajstić information content (AvgIpc) is 2.76. The first kappa shape index (κ1) is 14.5. The van der Waals surface area contributed by atoms with Crippen molar-refractivity contribution < 1.29 is 19.7 Å². The molecule has 19 heavy (non-hydrogen) atoms. The van der Waals surface area contributed by atoms with Gasteiger partial charge >= 0.3 is 5.97 Å². The Morgan fingerprint density at radius 2 is 2.05 bits per heavy atom. The molecule has 106 valence electrons. The molecule has 1 aromatic rings. The SMILES string of the molecule is O=C(O)Cc1ccc(CNCC2(O)CCOCC2)s1. The topological polar surface area (TPSA) is 78.8 Å². The maximum atomic E-state index is 10.6. The van der Waals surface area contributed by atoms with Crippen molar-refractivity contribution in [3.63, 3.8) is 0 Å². The van der Waals surface area contributed by atoms with Crippen molar-refractivity contribution in [1.82, 2.24) is 5.32 Å². The monoisotopic (exact) mass is 285 g/mol. The summed E-state index contributed by atoms with van der Waals surface area (Å²) in [6.45, 7) is 2.43. The molecule has 0 amide bonds. The molecular weight excluding hydrogens is 266 g/mol. The molecule has 1 aliphatic heterocycles. The van der Waals surface area contributed by atoms with Crippen molar-refractivity contribution in [3.8, 4) is 0 Å². The number of carboxylic acid groups (broad SMARTS) is 1. The second-order valence-corrected chi connectivity index (χ2v) is 6.13. The summed E-state index contributed by atoms with van der Waals surface area (Å²) in [5, 5.41) is 22.2. The standard InChI is InChI=1S/C13H19NO4S/c15-12(16)7-10-1-2-11(19-10)8-14-9-13(17)3-5-18-6-4-13/h1-2,14,17H,3-9H2,(H,15,16). The van der Waals surface area contributed by atoms with Crippen LogP contribution in [-0.4, -0.2) is 41.5 Å². The minimum Gasteiger partial charge on any atom is -0.481 e. The summed E-state index contributed by atoms with van der Waals surface area (Å²) in [4.78, 5) is 12.5. The lowest BCUT2D eigenvalue weighted by atomic mass is 9.94. The second kappa shape index (κ2) is 6.47. The van der Waals surface area contributed by atoms with Crippen LogP contribution in [0.5, 0.6) is 0 Å². The molecular formula is C13H19NO4S. The van der Waals surface area contributed by atoms with Crippen molar-refractivity contribution in [2.75, 3.05) is 19.8 Å². The van der Waals surface area contributed by atoms with Crippen LogP contribution >= 0.6 is 11.3 Å². The van der Waals surface area contributed by atoms with Crippen LogP contribution in [0, 0.1) is 0 Å². The van der Waals surface area contributed by atoms with Gasteiger partial charge in [0.05, 0.1) is 12.0 Å². The lowest BCUT2D eigenvalue weighted by Crippen LogP contribution is -2.44. The fourth-order valence-corrected chi connectivity index (χ4v) is 3.09. The van der Waals surface area contributed by atoms with E-state index in [1.165, 1.54) is 11.3 Å². The minimum absolute atomic E-state index is 0.0753. The van der Waals surface area contributed by atoms with Gasteiger partial charge in [-0.25, -0.2) is 0 Å². The Morgan fingerprint density at radius 3 is 2.74 bits per heavy atom. The third-order valence-corrected chi connectivity index (χ3v) is 4.30. The molecule has 0 spiro atoms. The molecule has 2 rings (SSSR count). The van der Waals surface area contributed by atoms with E-state index in [0.29, 0.717) is 39.1 Å². The van der Waals surface area contributed by atoms with Crippen LogP contribution < -0.4 is 5.32 Å². The smallest absolute Gasteiger partial charge is 0.308 e. The molecule has 0 unspecified atom stereocenters. The van der Waals surface area contributed by atoms with E-state index < -0.39 is 11.6 Å². The summed E-state index contributed by atoms with van der Waals surface area (Å²) in [5.74, 6) is -0.808. The molecule has 0 aromatic carbocycles. The summed E-state index contributed by atoms with van der Waals surface area (Å²) < 4.78 is 5.23. The lowest BCUT2D eigenvalue weighted by molar-refractivity contribution is -0.136. The van der Waals surface area contributed by atoms with E-state index in [1.807, 2.05) is 12.1 Å². The number of hydrogen-bond acceptors (Lipinski definition) is 5. The van der Waals surface area contributed by atoms with Gasteiger partial charge in [0.2, 0.25) is 0 Å². The Kier molecular flexibility index (Phi) is 4.93. The van der Waals surface area contributed by atoms with Crippen molar-refractivity contribution in [3.05, 3.63) is 21.9 Å². The molecule has 5 nitrogen and oxygen atoms in total. The van der Waals surface area contributed by atoms with Crippen LogP contribution in [0.2, 0.25) is 0 Å². The molecule has 0 radical (unpaired) electrons. The second-order valence-electron chi connectivity index (χ2n) is 4.88. The van der Waals surface area contributed by atoms with Crippen LogP contribution in [0.1, 0.15) is 22.6 Å². The van der Waals surface area contributed by atoms with E-state index in [2.05, 4.69) is 5.32 Å². The van der Waals surface area contributed by atoms with Gasteiger partial charge in [-0.3, -0.25) is 4.79 Å². The zero-order valence-electron chi connectivity index (χ0n) is 10.7. The molecule has 0 atom stereocenters. The molecule has 1 aliphatic rings. The van der Waals surface area contributed by atoms with Crippen LogP contribution in [0.15, 0.2) is 12.1 Å². The summed E-state index contributed by atoms with van der Waals surface area (Å²) in [7, 11) is 0. The molecule has 0 aliphatic carbocycles. The highest BCUT2D eigenvalue weighted by atomic mass is 32.1. The molecule has 3 N–H and O–H groups in total. The summed E-state index contributed by atoms with van der Waals surface area (Å²) >= 11 is 1.50. The average molecular weight is 285 g/mol. The Morgan fingerprint density at radius 1 is 1.37 bits per heavy atom. The number of nitrogens with one attached hydrogen (secondary N) is 1. The molecule has 0 bridgehead atoms. The zero-order chi connectivity index (χ0) is 13.7. The molecule has 0 saturated carbocycles. The number of aliphatic hydroxyl groups is 1. The van der Waals surface area contributed by atoms with Crippen LogP contribution in [-0.2, 0) is 22.5 Å². The molecule has 1 fully saturated rings. The Bertz CT molecular complexity index is 426. The Labute approximate surface area is 116 Å². The third kappa shape index (κ3) is 4.58. The van der Waals surface area contributed by atoms with E-state index in [9.17, 15) is 9.90 Å². The Balaban J connectivity index is 1.76. The van der Waals surface area contributed by atoms with Gasteiger partial charge in [-0.05, 0) is 12.1 Å². The van der Waals surface area contributed by atoms with Crippen molar-refractivity contribution in [2.45, 2.75) is 31.4 Å². The molecule has 2 heterocycles. The first-order valence-electron chi connectivity index (χ1n) is 6.38. The molecule has 6 heteroatoms.